The number of likely N-dealkylation sites (N-methyl/N-ethyl adjacent to an activating group) is 1. The number of benzene rings is 1. The molecule has 1 aromatic carbocycles. The van der Waals surface area contributed by atoms with Gasteiger partial charge >= 0.3 is 0 Å². The van der Waals surface area contributed by atoms with Crippen molar-refractivity contribution in [2.75, 3.05) is 29.7 Å². The molecule has 4 nitrogen and oxygen atoms in total. The largest absolute Gasteiger partial charge is 0.390 e. The van der Waals surface area contributed by atoms with Crippen molar-refractivity contribution in [1.29, 1.82) is 0 Å². The average molecular weight is 283 g/mol. The number of hydrogen-bond acceptors (Lipinski definition) is 3. The Balaban J connectivity index is 2.24. The van der Waals surface area contributed by atoms with E-state index in [9.17, 15) is 9.90 Å². The van der Waals surface area contributed by atoms with E-state index in [1.807, 2.05) is 32.0 Å². The van der Waals surface area contributed by atoms with Gasteiger partial charge in [-0.25, -0.2) is 0 Å². The highest BCUT2D eigenvalue weighted by Gasteiger charge is 2.42. The molecule has 5 heteroatoms. The van der Waals surface area contributed by atoms with Crippen LogP contribution in [0.5, 0.6) is 0 Å². The van der Waals surface area contributed by atoms with Crippen LogP contribution >= 0.6 is 11.6 Å². The number of amides is 1. The van der Waals surface area contributed by atoms with Gasteiger partial charge in [0, 0.05) is 25.0 Å². The van der Waals surface area contributed by atoms with Crippen LogP contribution < -0.4 is 10.2 Å². The van der Waals surface area contributed by atoms with E-state index < -0.39 is 11.5 Å². The van der Waals surface area contributed by atoms with Gasteiger partial charge in [-0.2, -0.15) is 0 Å². The Morgan fingerprint density at radius 3 is 2.79 bits per heavy atom. The molecule has 1 aliphatic heterocycles. The lowest BCUT2D eigenvalue weighted by atomic mass is 9.86. The van der Waals surface area contributed by atoms with Gasteiger partial charge in [0.2, 0.25) is 5.91 Å². The zero-order valence-corrected chi connectivity index (χ0v) is 12.2. The van der Waals surface area contributed by atoms with Crippen LogP contribution in [0.3, 0.4) is 0 Å². The van der Waals surface area contributed by atoms with Crippen molar-refractivity contribution in [1.82, 2.24) is 0 Å². The Kier molecular flexibility index (Phi) is 3.74. The molecule has 1 aromatic rings. The topological polar surface area (TPSA) is 52.6 Å². The van der Waals surface area contributed by atoms with Gasteiger partial charge in [-0.05, 0) is 31.5 Å². The Hall–Kier alpha value is -1.26. The van der Waals surface area contributed by atoms with E-state index in [1.54, 1.807) is 11.9 Å². The van der Waals surface area contributed by atoms with Gasteiger partial charge in [0.15, 0.2) is 0 Å². The lowest BCUT2D eigenvalue weighted by Gasteiger charge is -2.16. The molecule has 2 N–H and O–H groups in total. The van der Waals surface area contributed by atoms with Gasteiger partial charge in [-0.15, -0.1) is 11.6 Å². The summed E-state index contributed by atoms with van der Waals surface area (Å²) in [6, 6.07) is 5.82. The summed E-state index contributed by atoms with van der Waals surface area (Å²) in [5, 5.41) is 12.5. The molecule has 1 amide bonds. The fourth-order valence-electron chi connectivity index (χ4n) is 2.38. The van der Waals surface area contributed by atoms with Crippen LogP contribution in [0.25, 0.3) is 0 Å². The van der Waals surface area contributed by atoms with Crippen molar-refractivity contribution in [3.05, 3.63) is 23.8 Å². The van der Waals surface area contributed by atoms with Crippen molar-refractivity contribution in [3.63, 3.8) is 0 Å². The fraction of sp³-hybridized carbons (Fsp3) is 0.500. The number of nitrogens with one attached hydrogen (secondary N) is 1. The minimum Gasteiger partial charge on any atom is -0.390 e. The van der Waals surface area contributed by atoms with E-state index in [1.165, 1.54) is 0 Å². The first-order valence-corrected chi connectivity index (χ1v) is 6.82. The summed E-state index contributed by atoms with van der Waals surface area (Å²) in [6.07, 6.45) is -0.578. The lowest BCUT2D eigenvalue weighted by molar-refractivity contribution is -0.121. The number of nitrogens with zero attached hydrogens (tertiary/aromatic N) is 1. The highest BCUT2D eigenvalue weighted by atomic mass is 35.5. The Labute approximate surface area is 118 Å². The summed E-state index contributed by atoms with van der Waals surface area (Å²) in [5.41, 5.74) is 2.35. The number of fused-ring (bicyclic) bond motifs is 1. The van der Waals surface area contributed by atoms with Gasteiger partial charge < -0.3 is 15.3 Å². The number of aliphatic hydroxyl groups excluding tert-OH is 1. The Morgan fingerprint density at radius 1 is 1.47 bits per heavy atom. The van der Waals surface area contributed by atoms with Crippen LogP contribution in [0.1, 0.15) is 19.4 Å². The standard InChI is InChI=1S/C14H19ClN2O2/c1-14(2)11-5-4-9(16-8-10(18)7-15)6-12(11)17(3)13(14)19/h4-6,10,16,18H,7-8H2,1-3H3. The van der Waals surface area contributed by atoms with Crippen molar-refractivity contribution < 1.29 is 9.90 Å². The fourth-order valence-corrected chi connectivity index (χ4v) is 2.49. The molecule has 1 aliphatic rings. The minimum atomic E-state index is -0.578. The van der Waals surface area contributed by atoms with E-state index in [2.05, 4.69) is 5.32 Å². The number of halogens is 1. The number of carbonyl (C=O) groups excluding carboxylic acids is 1. The summed E-state index contributed by atoms with van der Waals surface area (Å²) in [4.78, 5) is 13.8. The third-order valence-electron chi connectivity index (χ3n) is 3.59. The number of alkyl halides is 1. The maximum atomic E-state index is 12.2. The van der Waals surface area contributed by atoms with Crippen LogP contribution in [-0.2, 0) is 10.2 Å². The molecule has 0 aliphatic carbocycles. The predicted octanol–water partition coefficient (Wildman–Crippen LogP) is 1.95. The van der Waals surface area contributed by atoms with Crippen molar-refractivity contribution >= 4 is 28.9 Å². The van der Waals surface area contributed by atoms with Gasteiger partial charge in [0.25, 0.3) is 0 Å². The smallest absolute Gasteiger partial charge is 0.236 e. The second-order valence-corrected chi connectivity index (χ2v) is 5.72. The zero-order chi connectivity index (χ0) is 14.2. The van der Waals surface area contributed by atoms with E-state index in [4.69, 9.17) is 11.6 Å². The van der Waals surface area contributed by atoms with E-state index in [0.717, 1.165) is 16.9 Å². The van der Waals surface area contributed by atoms with E-state index >= 15 is 0 Å². The highest BCUT2D eigenvalue weighted by Crippen LogP contribution is 2.41. The summed E-state index contributed by atoms with van der Waals surface area (Å²) < 4.78 is 0. The quantitative estimate of drug-likeness (QED) is 0.830. The molecule has 0 saturated heterocycles. The zero-order valence-electron chi connectivity index (χ0n) is 11.4. The van der Waals surface area contributed by atoms with Crippen LogP contribution in [0.4, 0.5) is 11.4 Å². The molecule has 0 spiro atoms. The molecule has 0 radical (unpaired) electrons. The van der Waals surface area contributed by atoms with Crippen LogP contribution in [0.15, 0.2) is 18.2 Å². The summed E-state index contributed by atoms with van der Waals surface area (Å²) in [6.45, 7) is 4.26. The van der Waals surface area contributed by atoms with Crippen molar-refractivity contribution in [2.24, 2.45) is 0 Å². The third kappa shape index (κ3) is 2.42. The van der Waals surface area contributed by atoms with E-state index in [0.29, 0.717) is 6.54 Å². The van der Waals surface area contributed by atoms with Crippen LogP contribution in [-0.4, -0.2) is 36.6 Å². The van der Waals surface area contributed by atoms with Gasteiger partial charge in [0.1, 0.15) is 0 Å². The monoisotopic (exact) mass is 282 g/mol. The average Bonchev–Trinajstić information content (AvgIpc) is 2.57. The normalized spacial score (nSPS) is 18.4. The molecular weight excluding hydrogens is 264 g/mol. The maximum Gasteiger partial charge on any atom is 0.236 e. The lowest BCUT2D eigenvalue weighted by Crippen LogP contribution is -2.33. The third-order valence-corrected chi connectivity index (χ3v) is 3.95. The molecule has 2 rings (SSSR count). The van der Waals surface area contributed by atoms with E-state index in [-0.39, 0.29) is 11.8 Å². The molecule has 1 atom stereocenters. The Morgan fingerprint density at radius 2 is 2.16 bits per heavy atom. The molecule has 19 heavy (non-hydrogen) atoms. The van der Waals surface area contributed by atoms with Crippen LogP contribution in [0.2, 0.25) is 0 Å². The van der Waals surface area contributed by atoms with Gasteiger partial charge in [0.05, 0.1) is 17.4 Å². The molecule has 1 unspecified atom stereocenters. The number of anilines is 2. The van der Waals surface area contributed by atoms with Crippen molar-refractivity contribution in [2.45, 2.75) is 25.4 Å². The first-order chi connectivity index (χ1) is 8.87. The maximum absolute atomic E-state index is 12.2. The molecule has 1 heterocycles. The van der Waals surface area contributed by atoms with Gasteiger partial charge in [-0.1, -0.05) is 6.07 Å². The molecular formula is C14H19ClN2O2. The second-order valence-electron chi connectivity index (χ2n) is 5.41. The summed E-state index contributed by atoms with van der Waals surface area (Å²) in [7, 11) is 1.79. The molecule has 0 fully saturated rings. The molecule has 0 aromatic heterocycles. The van der Waals surface area contributed by atoms with Crippen molar-refractivity contribution in [3.8, 4) is 0 Å². The SMILES string of the molecule is CN1C(=O)C(C)(C)c2ccc(NCC(O)CCl)cc21. The minimum absolute atomic E-state index is 0.0976. The summed E-state index contributed by atoms with van der Waals surface area (Å²) >= 11 is 5.55. The number of hydrogen-bond donors (Lipinski definition) is 2. The first kappa shape index (κ1) is 14.2. The second kappa shape index (κ2) is 5.02. The number of rotatable bonds is 4. The Bertz CT molecular complexity index is 502. The first-order valence-electron chi connectivity index (χ1n) is 6.28. The number of aliphatic hydroxyl groups is 1. The number of carbonyl (C=O) groups is 1. The summed E-state index contributed by atoms with van der Waals surface area (Å²) in [5.74, 6) is 0.295. The molecule has 0 bridgehead atoms. The predicted molar refractivity (Wildman–Crippen MR) is 78.1 cm³/mol. The van der Waals surface area contributed by atoms with Gasteiger partial charge in [-0.3, -0.25) is 4.79 Å². The molecule has 0 saturated carbocycles. The highest BCUT2D eigenvalue weighted by molar-refractivity contribution is 6.18. The molecule has 104 valence electrons. The van der Waals surface area contributed by atoms with Crippen LogP contribution in [0, 0.1) is 0 Å².